The Balaban J connectivity index is 1.23. The summed E-state index contributed by atoms with van der Waals surface area (Å²) in [5, 5.41) is 0. The molecule has 3 fully saturated rings. The van der Waals surface area contributed by atoms with Gasteiger partial charge in [0.05, 0.1) is 12.3 Å². The Labute approximate surface area is 167 Å². The number of amides is 2. The third-order valence-electron chi connectivity index (χ3n) is 6.08. The van der Waals surface area contributed by atoms with Gasteiger partial charge < -0.3 is 9.64 Å². The standard InChI is InChI=1S/C22H31N3O3/c1-17-15-21(26)25(22(17)27)10-4-9-23-11-13-24(14-12-23)19-5-2-3-6-20(19)28-16-18-7-8-18/h2-3,5-6,17-18H,4,7-16H2,1H3. The van der Waals surface area contributed by atoms with Crippen LogP contribution in [0.15, 0.2) is 24.3 Å². The van der Waals surface area contributed by atoms with E-state index >= 15 is 0 Å². The molecule has 1 atom stereocenters. The Hall–Kier alpha value is -2.08. The highest BCUT2D eigenvalue weighted by atomic mass is 16.5. The van der Waals surface area contributed by atoms with Gasteiger partial charge in [-0.1, -0.05) is 19.1 Å². The van der Waals surface area contributed by atoms with E-state index in [0.29, 0.717) is 13.0 Å². The first kappa shape index (κ1) is 19.2. The Morgan fingerprint density at radius 1 is 1.04 bits per heavy atom. The summed E-state index contributed by atoms with van der Waals surface area (Å²) in [4.78, 5) is 30.2. The van der Waals surface area contributed by atoms with Crippen LogP contribution in [0, 0.1) is 11.8 Å². The summed E-state index contributed by atoms with van der Waals surface area (Å²) < 4.78 is 6.07. The quantitative estimate of drug-likeness (QED) is 0.643. The maximum atomic E-state index is 12.0. The first-order valence-electron chi connectivity index (χ1n) is 10.6. The summed E-state index contributed by atoms with van der Waals surface area (Å²) in [5.41, 5.74) is 1.20. The van der Waals surface area contributed by atoms with E-state index in [1.807, 2.05) is 13.0 Å². The van der Waals surface area contributed by atoms with E-state index in [0.717, 1.165) is 57.4 Å². The van der Waals surface area contributed by atoms with Crippen molar-refractivity contribution in [3.63, 3.8) is 0 Å². The minimum atomic E-state index is -0.141. The lowest BCUT2D eigenvalue weighted by Crippen LogP contribution is -2.47. The molecule has 152 valence electrons. The number of para-hydroxylation sites is 2. The zero-order chi connectivity index (χ0) is 19.5. The van der Waals surface area contributed by atoms with Crippen LogP contribution >= 0.6 is 0 Å². The fourth-order valence-corrected chi connectivity index (χ4v) is 4.08. The van der Waals surface area contributed by atoms with Crippen LogP contribution in [0.5, 0.6) is 5.75 Å². The zero-order valence-corrected chi connectivity index (χ0v) is 16.8. The zero-order valence-electron chi connectivity index (χ0n) is 16.8. The highest BCUT2D eigenvalue weighted by Gasteiger charge is 2.35. The van der Waals surface area contributed by atoms with Crippen molar-refractivity contribution in [1.29, 1.82) is 0 Å². The van der Waals surface area contributed by atoms with E-state index in [1.165, 1.54) is 23.4 Å². The van der Waals surface area contributed by atoms with E-state index in [9.17, 15) is 9.59 Å². The number of imide groups is 1. The van der Waals surface area contributed by atoms with Gasteiger partial charge in [-0.25, -0.2) is 0 Å². The van der Waals surface area contributed by atoms with Gasteiger partial charge in [0.1, 0.15) is 5.75 Å². The number of ether oxygens (including phenoxy) is 1. The van der Waals surface area contributed by atoms with Crippen LogP contribution in [-0.4, -0.2) is 67.5 Å². The number of hydrogen-bond acceptors (Lipinski definition) is 5. The second-order valence-corrected chi connectivity index (χ2v) is 8.39. The topological polar surface area (TPSA) is 53.1 Å². The lowest BCUT2D eigenvalue weighted by atomic mass is 10.1. The number of carbonyl (C=O) groups is 2. The molecule has 28 heavy (non-hydrogen) atoms. The highest BCUT2D eigenvalue weighted by molar-refractivity contribution is 6.03. The van der Waals surface area contributed by atoms with Gasteiger partial charge in [0.2, 0.25) is 11.8 Å². The Bertz CT molecular complexity index is 711. The number of piperazine rings is 1. The third kappa shape index (κ3) is 4.49. The van der Waals surface area contributed by atoms with Crippen LogP contribution in [0.25, 0.3) is 0 Å². The largest absolute Gasteiger partial charge is 0.491 e. The Kier molecular flexibility index (Phi) is 5.85. The lowest BCUT2D eigenvalue weighted by Gasteiger charge is -2.37. The number of nitrogens with zero attached hydrogens (tertiary/aromatic N) is 3. The van der Waals surface area contributed by atoms with Crippen molar-refractivity contribution in [2.75, 3.05) is 50.8 Å². The maximum absolute atomic E-state index is 12.0. The van der Waals surface area contributed by atoms with E-state index < -0.39 is 0 Å². The third-order valence-corrected chi connectivity index (χ3v) is 6.08. The second kappa shape index (κ2) is 8.52. The van der Waals surface area contributed by atoms with Gasteiger partial charge in [-0.3, -0.25) is 19.4 Å². The van der Waals surface area contributed by atoms with Crippen molar-refractivity contribution >= 4 is 17.5 Å². The summed E-state index contributed by atoms with van der Waals surface area (Å²) in [6.45, 7) is 8.10. The maximum Gasteiger partial charge on any atom is 0.232 e. The number of carbonyl (C=O) groups excluding carboxylic acids is 2. The summed E-state index contributed by atoms with van der Waals surface area (Å²) in [5.74, 6) is 1.60. The number of anilines is 1. The summed E-state index contributed by atoms with van der Waals surface area (Å²) in [6.07, 6.45) is 3.83. The molecule has 2 aliphatic heterocycles. The fraction of sp³-hybridized carbons (Fsp3) is 0.636. The molecule has 2 saturated heterocycles. The molecule has 0 radical (unpaired) electrons. The minimum absolute atomic E-state index is 0.00220. The molecule has 0 bridgehead atoms. The predicted molar refractivity (Wildman–Crippen MR) is 108 cm³/mol. The van der Waals surface area contributed by atoms with Crippen LogP contribution < -0.4 is 9.64 Å². The molecule has 1 unspecified atom stereocenters. The SMILES string of the molecule is CC1CC(=O)N(CCCN2CCN(c3ccccc3OCC3CC3)CC2)C1=O. The van der Waals surface area contributed by atoms with E-state index in [4.69, 9.17) is 4.74 Å². The van der Waals surface area contributed by atoms with E-state index in [-0.39, 0.29) is 17.7 Å². The molecule has 2 heterocycles. The average molecular weight is 386 g/mol. The number of benzene rings is 1. The van der Waals surface area contributed by atoms with Gasteiger partial charge in [0.25, 0.3) is 0 Å². The van der Waals surface area contributed by atoms with Crippen LogP contribution in [0.3, 0.4) is 0 Å². The van der Waals surface area contributed by atoms with Gasteiger partial charge in [0, 0.05) is 45.1 Å². The molecule has 0 spiro atoms. The van der Waals surface area contributed by atoms with Crippen molar-refractivity contribution in [1.82, 2.24) is 9.80 Å². The first-order chi connectivity index (χ1) is 13.6. The summed E-state index contributed by atoms with van der Waals surface area (Å²) in [7, 11) is 0. The molecule has 3 aliphatic rings. The van der Waals surface area contributed by atoms with Gasteiger partial charge in [0.15, 0.2) is 0 Å². The normalized spacial score (nSPS) is 23.5. The van der Waals surface area contributed by atoms with Crippen molar-refractivity contribution in [2.24, 2.45) is 11.8 Å². The molecule has 1 saturated carbocycles. The van der Waals surface area contributed by atoms with Gasteiger partial charge in [-0.2, -0.15) is 0 Å². The van der Waals surface area contributed by atoms with E-state index in [1.54, 1.807) is 0 Å². The molecule has 2 amide bonds. The van der Waals surface area contributed by atoms with Gasteiger partial charge >= 0.3 is 0 Å². The molecular weight excluding hydrogens is 354 g/mol. The molecule has 1 aromatic rings. The molecule has 1 aromatic carbocycles. The Morgan fingerprint density at radius 2 is 1.79 bits per heavy atom. The van der Waals surface area contributed by atoms with Crippen LogP contribution in [-0.2, 0) is 9.59 Å². The highest BCUT2D eigenvalue weighted by Crippen LogP contribution is 2.33. The van der Waals surface area contributed by atoms with Crippen molar-refractivity contribution in [3.05, 3.63) is 24.3 Å². The molecule has 6 nitrogen and oxygen atoms in total. The molecular formula is C22H31N3O3. The first-order valence-corrected chi connectivity index (χ1v) is 10.6. The van der Waals surface area contributed by atoms with Crippen molar-refractivity contribution in [2.45, 2.75) is 32.6 Å². The number of likely N-dealkylation sites (tertiary alicyclic amines) is 1. The van der Waals surface area contributed by atoms with Crippen LogP contribution in [0.4, 0.5) is 5.69 Å². The van der Waals surface area contributed by atoms with Crippen molar-refractivity contribution < 1.29 is 14.3 Å². The minimum Gasteiger partial charge on any atom is -0.491 e. The fourth-order valence-electron chi connectivity index (χ4n) is 4.08. The summed E-state index contributed by atoms with van der Waals surface area (Å²) >= 11 is 0. The van der Waals surface area contributed by atoms with E-state index in [2.05, 4.69) is 28.0 Å². The monoisotopic (exact) mass is 385 g/mol. The number of rotatable bonds is 8. The Morgan fingerprint density at radius 3 is 2.46 bits per heavy atom. The molecule has 4 rings (SSSR count). The predicted octanol–water partition coefficient (Wildman–Crippen LogP) is 2.38. The lowest BCUT2D eigenvalue weighted by molar-refractivity contribution is -0.139. The number of hydrogen-bond donors (Lipinski definition) is 0. The van der Waals surface area contributed by atoms with Crippen molar-refractivity contribution in [3.8, 4) is 5.75 Å². The molecule has 6 heteroatoms. The molecule has 1 aliphatic carbocycles. The summed E-state index contributed by atoms with van der Waals surface area (Å²) in [6, 6.07) is 8.36. The molecule has 0 N–H and O–H groups in total. The second-order valence-electron chi connectivity index (χ2n) is 8.39. The van der Waals surface area contributed by atoms with Crippen LogP contribution in [0.1, 0.15) is 32.6 Å². The van der Waals surface area contributed by atoms with Gasteiger partial charge in [-0.15, -0.1) is 0 Å². The smallest absolute Gasteiger partial charge is 0.232 e. The van der Waals surface area contributed by atoms with Crippen LogP contribution in [0.2, 0.25) is 0 Å². The molecule has 0 aromatic heterocycles. The average Bonchev–Trinajstić information content (AvgIpc) is 3.50. The van der Waals surface area contributed by atoms with Gasteiger partial charge in [-0.05, 0) is 43.9 Å².